The molecular formula is C36H21F3N3Pt-3. The van der Waals surface area contributed by atoms with Crippen LogP contribution in [0.5, 0.6) is 0 Å². The van der Waals surface area contributed by atoms with Crippen LogP contribution in [0, 0.1) is 35.7 Å². The zero-order valence-corrected chi connectivity index (χ0v) is 24.7. The molecule has 0 fully saturated rings. The van der Waals surface area contributed by atoms with Crippen LogP contribution in [-0.2, 0) is 21.1 Å². The molecule has 0 radical (unpaired) electrons. The van der Waals surface area contributed by atoms with Crippen LogP contribution in [0.15, 0.2) is 109 Å². The molecule has 0 aliphatic carbocycles. The maximum absolute atomic E-state index is 14.5. The summed E-state index contributed by atoms with van der Waals surface area (Å²) in [6.07, 6.45) is 0. The number of benzene rings is 3. The van der Waals surface area contributed by atoms with Crippen molar-refractivity contribution < 1.29 is 34.2 Å². The minimum Gasteiger partial charge on any atom is -0.256 e. The van der Waals surface area contributed by atoms with Gasteiger partial charge in [-0.25, -0.2) is 13.2 Å². The molecule has 3 aromatic carbocycles. The summed E-state index contributed by atoms with van der Waals surface area (Å²) < 4.78 is 43.6. The Hall–Kier alpha value is -4.41. The Balaban J connectivity index is 0.00000329. The molecule has 6 aromatic rings. The zero-order chi connectivity index (χ0) is 28.6. The summed E-state index contributed by atoms with van der Waals surface area (Å²) in [7, 11) is 0. The predicted molar refractivity (Wildman–Crippen MR) is 151 cm³/mol. The third kappa shape index (κ3) is 5.68. The topological polar surface area (TPSA) is 38.7 Å². The summed E-state index contributed by atoms with van der Waals surface area (Å²) in [5.74, 6) is -2.91. The van der Waals surface area contributed by atoms with Crippen molar-refractivity contribution >= 4 is 0 Å². The summed E-state index contributed by atoms with van der Waals surface area (Å²) in [6.45, 7) is 0. The van der Waals surface area contributed by atoms with Crippen LogP contribution in [0.3, 0.4) is 0 Å². The second kappa shape index (κ2) is 12.1. The van der Waals surface area contributed by atoms with Gasteiger partial charge in [0.2, 0.25) is 0 Å². The van der Waals surface area contributed by atoms with Crippen LogP contribution in [0.1, 0.15) is 68.6 Å². The maximum atomic E-state index is 14.5. The Morgan fingerprint density at radius 3 is 0.907 bits per heavy atom. The molecule has 0 atom stereocenters. The summed E-state index contributed by atoms with van der Waals surface area (Å²) in [5, 5.41) is 0. The minimum atomic E-state index is -0.569. The van der Waals surface area contributed by atoms with E-state index in [1.165, 1.54) is 54.6 Å². The van der Waals surface area contributed by atoms with Crippen LogP contribution in [0.4, 0.5) is 13.2 Å². The molecule has 1 aliphatic rings. The summed E-state index contributed by atoms with van der Waals surface area (Å²) >= 11 is 0. The van der Waals surface area contributed by atoms with Gasteiger partial charge >= 0.3 is 0 Å². The molecule has 43 heavy (non-hydrogen) atoms. The van der Waals surface area contributed by atoms with Gasteiger partial charge in [0.25, 0.3) is 0 Å². The number of hydrogen-bond donors (Lipinski definition) is 0. The summed E-state index contributed by atoms with van der Waals surface area (Å²) in [6, 6.07) is 39.3. The molecule has 214 valence electrons. The van der Waals surface area contributed by atoms with Gasteiger partial charge in [0.1, 0.15) is 0 Å². The molecule has 7 heteroatoms. The van der Waals surface area contributed by atoms with E-state index in [4.69, 9.17) is 15.0 Å². The number of nitrogens with zero attached hydrogens (tertiary/aromatic N) is 3. The number of pyridine rings is 3. The van der Waals surface area contributed by atoms with E-state index in [1.807, 2.05) is 54.6 Å². The third-order valence-electron chi connectivity index (χ3n) is 7.44. The fourth-order valence-electron chi connectivity index (χ4n) is 5.65. The van der Waals surface area contributed by atoms with Gasteiger partial charge in [-0.2, -0.15) is 36.4 Å². The van der Waals surface area contributed by atoms with Crippen molar-refractivity contribution in [3.05, 3.63) is 196 Å². The fraction of sp³-hybridized carbons (Fsp3) is 0.0833. The molecular weight excluding hydrogens is 726 g/mol. The smallest absolute Gasteiger partial charge is 0.0521 e. The van der Waals surface area contributed by atoms with Gasteiger partial charge in [0.05, 0.1) is 34.2 Å². The van der Waals surface area contributed by atoms with Crippen molar-refractivity contribution in [2.45, 2.75) is 17.8 Å². The van der Waals surface area contributed by atoms with Gasteiger partial charge in [0, 0.05) is 56.3 Å². The Morgan fingerprint density at radius 1 is 0.419 bits per heavy atom. The van der Waals surface area contributed by atoms with Gasteiger partial charge < -0.3 is 0 Å². The quantitative estimate of drug-likeness (QED) is 0.176. The largest absolute Gasteiger partial charge is 0.256 e. The summed E-state index contributed by atoms with van der Waals surface area (Å²) in [5.41, 5.74) is 5.37. The van der Waals surface area contributed by atoms with Crippen molar-refractivity contribution in [1.82, 2.24) is 15.0 Å². The Morgan fingerprint density at radius 2 is 0.674 bits per heavy atom. The Kier molecular flexibility index (Phi) is 8.05. The van der Waals surface area contributed by atoms with Gasteiger partial charge in [-0.05, 0) is 36.4 Å². The molecule has 3 aromatic heterocycles. The molecule has 0 spiro atoms. The van der Waals surface area contributed by atoms with Gasteiger partial charge in [0.15, 0.2) is 0 Å². The maximum Gasteiger partial charge on any atom is 0.0521 e. The van der Waals surface area contributed by atoms with Crippen molar-refractivity contribution in [2.75, 3.05) is 0 Å². The van der Waals surface area contributed by atoms with E-state index in [2.05, 4.69) is 18.2 Å². The van der Waals surface area contributed by atoms with Crippen LogP contribution < -0.4 is 0 Å². The van der Waals surface area contributed by atoms with Crippen molar-refractivity contribution in [1.29, 1.82) is 0 Å². The normalized spacial score (nSPS) is 17.2. The van der Waals surface area contributed by atoms with Crippen molar-refractivity contribution in [3.8, 4) is 0 Å². The molecule has 6 bridgehead atoms. The molecule has 0 saturated heterocycles. The van der Waals surface area contributed by atoms with E-state index in [0.717, 1.165) is 0 Å². The van der Waals surface area contributed by atoms with Gasteiger partial charge in [-0.1, -0.05) is 18.2 Å². The summed E-state index contributed by atoms with van der Waals surface area (Å²) in [4.78, 5) is 15.2. The molecule has 7 rings (SSSR count). The fourth-order valence-corrected chi connectivity index (χ4v) is 5.65. The molecule has 0 unspecified atom stereocenters. The van der Waals surface area contributed by atoms with Crippen LogP contribution in [0.25, 0.3) is 0 Å². The van der Waals surface area contributed by atoms with Gasteiger partial charge in [-0.15, -0.1) is 53.1 Å². The first-order valence-electron chi connectivity index (χ1n) is 13.5. The molecule has 3 nitrogen and oxygen atoms in total. The van der Waals surface area contributed by atoms with Crippen LogP contribution in [-0.4, -0.2) is 15.0 Å². The Bertz CT molecular complexity index is 1650. The van der Waals surface area contributed by atoms with E-state index < -0.39 is 35.2 Å². The number of halogens is 3. The number of hydrogen-bond acceptors (Lipinski definition) is 3. The monoisotopic (exact) mass is 747 g/mol. The average Bonchev–Trinajstić information content (AvgIpc) is 2.98. The van der Waals surface area contributed by atoms with E-state index >= 15 is 0 Å². The van der Waals surface area contributed by atoms with Gasteiger partial charge in [-0.3, -0.25) is 15.0 Å². The SMILES string of the molecule is Fc1cc[c-]c(C2c3cccc(n3)C(c3[c-]ccc(F)c3)c3cccc(n3)C(c3[c-]ccc(F)c3)c3cccc2n3)c1.[Pt]. The zero-order valence-electron chi connectivity index (χ0n) is 22.4. The number of rotatable bonds is 3. The van der Waals surface area contributed by atoms with Crippen LogP contribution in [0.2, 0.25) is 0 Å². The van der Waals surface area contributed by atoms with Crippen molar-refractivity contribution in [2.24, 2.45) is 0 Å². The van der Waals surface area contributed by atoms with Crippen molar-refractivity contribution in [3.63, 3.8) is 0 Å². The number of fused-ring (bicyclic) bond motifs is 6. The van der Waals surface area contributed by atoms with E-state index in [1.54, 1.807) is 0 Å². The predicted octanol–water partition coefficient (Wildman–Crippen LogP) is 7.54. The number of aromatic nitrogens is 3. The third-order valence-corrected chi connectivity index (χ3v) is 7.44. The molecule has 0 amide bonds. The second-order valence-electron chi connectivity index (χ2n) is 10.1. The first-order valence-corrected chi connectivity index (χ1v) is 13.5. The standard InChI is InChI=1S/C36H21F3N3.Pt/c37-25-10-1-7-22(19-25)34-28-13-4-15-30(40-28)35(23-8-2-11-26(38)20-23)32-17-6-18-33(42-32)36(24-9-3-12-27(39)21-24)31-16-5-14-29(34)41-31;/h1-6,10-21,34-36H;/q-3;. The molecule has 0 N–H and O–H groups in total. The van der Waals surface area contributed by atoms with E-state index in [-0.39, 0.29) is 21.1 Å². The molecule has 0 saturated carbocycles. The molecule has 4 heterocycles. The first-order chi connectivity index (χ1) is 20.5. The second-order valence-corrected chi connectivity index (χ2v) is 10.1. The van der Waals surface area contributed by atoms with E-state index in [9.17, 15) is 13.2 Å². The van der Waals surface area contributed by atoms with Crippen LogP contribution >= 0.6 is 0 Å². The molecule has 1 aliphatic heterocycles. The minimum absolute atomic E-state index is 0. The first kappa shape index (κ1) is 28.7. The van der Waals surface area contributed by atoms with E-state index in [0.29, 0.717) is 50.9 Å². The Labute approximate surface area is 261 Å². The average molecular weight is 748 g/mol.